The number of hydrogen-bond donors (Lipinski definition) is 19. The van der Waals surface area contributed by atoms with E-state index in [0.29, 0.717) is 12.0 Å². The van der Waals surface area contributed by atoms with Crippen LogP contribution < -0.4 is 79.8 Å². The molecule has 0 heterocycles. The number of benzene rings is 1. The van der Waals surface area contributed by atoms with Crippen LogP contribution in [0.15, 0.2) is 24.3 Å². The fourth-order valence-electron chi connectivity index (χ4n) is 12.2. The molecule has 652 valence electrons. The first-order chi connectivity index (χ1) is 53.3. The molecule has 0 unspecified atom stereocenters. The summed E-state index contributed by atoms with van der Waals surface area (Å²) in [6.45, 7) is 38.7. The lowest BCUT2D eigenvalue weighted by Crippen LogP contribution is -2.63. The van der Waals surface area contributed by atoms with Gasteiger partial charge in [-0.3, -0.25) is 71.9 Å². The van der Waals surface area contributed by atoms with Crippen molar-refractivity contribution in [2.45, 2.75) is 301 Å². The number of aliphatic hydroxyl groups excluding tert-OH is 2. The van der Waals surface area contributed by atoms with Gasteiger partial charge in [0.05, 0.1) is 12.7 Å². The second-order valence-electron chi connectivity index (χ2n) is 34.1. The van der Waals surface area contributed by atoms with E-state index in [1.807, 2.05) is 13.8 Å². The largest absolute Gasteiger partial charge is 0.508 e. The molecule has 0 aliphatic heterocycles. The summed E-state index contributed by atoms with van der Waals surface area (Å²) in [7, 11) is 0. The molecule has 0 radical (unpaired) electrons. The van der Waals surface area contributed by atoms with Gasteiger partial charge in [-0.15, -0.1) is 0 Å². The molecule has 115 heavy (non-hydrogen) atoms. The van der Waals surface area contributed by atoms with E-state index in [-0.39, 0.29) is 73.9 Å². The number of carboxylic acids is 1. The highest BCUT2D eigenvalue weighted by atomic mass is 16.4. The van der Waals surface area contributed by atoms with E-state index in [1.165, 1.54) is 38.1 Å². The van der Waals surface area contributed by atoms with Crippen LogP contribution in [-0.2, 0) is 83.1 Å². The lowest BCUT2D eigenvalue weighted by Gasteiger charge is -2.31. The van der Waals surface area contributed by atoms with Crippen LogP contribution in [0.25, 0.3) is 0 Å². The summed E-state index contributed by atoms with van der Waals surface area (Å²) >= 11 is 0. The highest BCUT2D eigenvalue weighted by Crippen LogP contribution is 2.19. The van der Waals surface area contributed by atoms with Gasteiger partial charge in [-0.1, -0.05) is 164 Å². The van der Waals surface area contributed by atoms with Crippen molar-refractivity contribution in [3.8, 4) is 5.75 Å². The van der Waals surface area contributed by atoms with Gasteiger partial charge in [0.1, 0.15) is 96.4 Å². The molecule has 15 amide bonds. The number of carbonyl (C=O) groups excluding carboxylic acids is 15. The molecule has 0 saturated heterocycles. The summed E-state index contributed by atoms with van der Waals surface area (Å²) in [4.78, 5) is 221. The van der Waals surface area contributed by atoms with Crippen molar-refractivity contribution < 1.29 is 97.1 Å². The number of hydrogen-bond acceptors (Lipinski definition) is 19. The van der Waals surface area contributed by atoms with E-state index in [1.54, 1.807) is 138 Å². The van der Waals surface area contributed by atoms with E-state index in [2.05, 4.69) is 79.8 Å². The second kappa shape index (κ2) is 50.1. The summed E-state index contributed by atoms with van der Waals surface area (Å²) < 4.78 is 0. The topological polar surface area (TPSA) is 534 Å². The fraction of sp³-hybridized carbons (Fsp3) is 0.725. The van der Waals surface area contributed by atoms with Crippen molar-refractivity contribution >= 4 is 95.1 Å². The Balaban J connectivity index is 3.56. The maximum Gasteiger partial charge on any atom is 0.326 e. The number of carboxylic acid groups (broad SMARTS) is 1. The summed E-state index contributed by atoms with van der Waals surface area (Å²) in [6.07, 6.45) is -1.12. The van der Waals surface area contributed by atoms with Crippen LogP contribution in [0.2, 0.25) is 0 Å². The molecule has 35 heteroatoms. The van der Waals surface area contributed by atoms with Gasteiger partial charge < -0.3 is 100 Å². The van der Waals surface area contributed by atoms with Crippen LogP contribution in [0.4, 0.5) is 0 Å². The third-order valence-electron chi connectivity index (χ3n) is 18.8. The van der Waals surface area contributed by atoms with Crippen molar-refractivity contribution in [1.82, 2.24) is 79.8 Å². The smallest absolute Gasteiger partial charge is 0.326 e. The zero-order valence-electron chi connectivity index (χ0n) is 71.7. The summed E-state index contributed by atoms with van der Waals surface area (Å²) in [6, 6.07) is -14.8. The maximum atomic E-state index is 14.7. The van der Waals surface area contributed by atoms with Crippen molar-refractivity contribution in [1.29, 1.82) is 0 Å². The second-order valence-corrected chi connectivity index (χ2v) is 34.1. The molecule has 0 bridgehead atoms. The zero-order chi connectivity index (χ0) is 88.5. The standard InChI is InChI=1S/C80H137N15O20/c1-37(2)29-52(81-36-97)67(101)82-48(23)66(100)83-53(30-38(3)4)69(103)89-59(42(11)12)74(108)87-57(34-50-25-27-51(99)28-26-50)68(102)84-54(31-39(5)6)70(104)92-63(46(19)20)78(112)95-65(49(24)98)79(113)93-61(44(15)16)75(109)86-56(33-41(9)10)72(106)90-60(43(13)14)76(110)88-58(35-96)73(107)85-55(32-40(7)8)71(105)91-62(45(17)18)77(111)94-64(47(21)22)80(114)115/h25-28,36-49,52-65,96,98-99H,29-35H2,1-24H3,(H,81,97)(H,82,101)(H,83,100)(H,84,102)(H,85,107)(H,86,109)(H,87,108)(H,88,110)(H,89,103)(H,90,106)(H,91,105)(H,92,104)(H,93,113)(H,94,111)(H,95,112)(H,114,115)/t48-,49+,52+,53+,54-,55-,56+,57+,58+,59-,60-,61-,62+,63+,64-,65+/m0/s1. The summed E-state index contributed by atoms with van der Waals surface area (Å²) in [5.74, 6) is -18.2. The van der Waals surface area contributed by atoms with E-state index in [0.717, 1.165) is 0 Å². The Morgan fingerprint density at radius 2 is 0.530 bits per heavy atom. The first-order valence-electron chi connectivity index (χ1n) is 40.0. The SMILES string of the molecule is CC(C)C[C@H](NC(=O)[C@@H](Cc1ccc(O)cc1)NC(=O)[C@@H](NC(=O)[C@@H](CC(C)C)NC(=O)[C@H](C)NC(=O)[C@@H](CC(C)C)NC=O)C(C)C)C(=O)N[C@@H](C(=O)N[C@@H](C(=O)N[C@H](C(=O)N[C@H](CC(C)C)C(=O)N[C@H](C(=O)N[C@H](CO)C(=O)N[C@@H](CC(C)C)C(=O)N[C@@H](C(=O)N[C@H](C(=O)O)C(C)C)C(C)C)C(C)C)C(C)C)[C@@H](C)O)C(C)C. The minimum Gasteiger partial charge on any atom is -0.508 e. The number of carbonyl (C=O) groups is 16. The number of aliphatic hydroxyl groups is 2. The molecular weight excluding hydrogens is 1490 g/mol. The Bertz CT molecular complexity index is 3400. The van der Waals surface area contributed by atoms with Gasteiger partial charge in [-0.2, -0.15) is 0 Å². The Morgan fingerprint density at radius 3 is 0.826 bits per heavy atom. The lowest BCUT2D eigenvalue weighted by atomic mass is 9.97. The molecule has 0 spiro atoms. The van der Waals surface area contributed by atoms with Crippen LogP contribution in [0.1, 0.15) is 204 Å². The molecule has 19 N–H and O–H groups in total. The number of rotatable bonds is 51. The molecular formula is C80H137N15O20. The normalized spacial score (nSPS) is 15.9. The average molecular weight is 1630 g/mol. The highest BCUT2D eigenvalue weighted by molar-refractivity contribution is 6.01. The first-order valence-corrected chi connectivity index (χ1v) is 40.0. The Morgan fingerprint density at radius 1 is 0.296 bits per heavy atom. The van der Waals surface area contributed by atoms with Crippen molar-refractivity contribution in [2.24, 2.45) is 65.1 Å². The average Bonchev–Trinajstić information content (AvgIpc) is 0.847. The summed E-state index contributed by atoms with van der Waals surface area (Å²) in [5, 5.41) is 80.4. The predicted molar refractivity (Wildman–Crippen MR) is 430 cm³/mol. The maximum absolute atomic E-state index is 14.7. The Hall–Kier alpha value is -9.54. The third kappa shape index (κ3) is 36.4. The number of amides is 15. The molecule has 35 nitrogen and oxygen atoms in total. The van der Waals surface area contributed by atoms with Crippen LogP contribution in [-0.4, -0.2) is 219 Å². The molecule has 0 fully saturated rings. The van der Waals surface area contributed by atoms with Gasteiger partial charge in [-0.05, 0) is 129 Å². The van der Waals surface area contributed by atoms with E-state index >= 15 is 0 Å². The monoisotopic (exact) mass is 1630 g/mol. The number of aromatic hydroxyl groups is 1. The minimum absolute atomic E-state index is 0.0147. The molecule has 1 aromatic carbocycles. The molecule has 0 saturated carbocycles. The van der Waals surface area contributed by atoms with Gasteiger partial charge in [0.2, 0.25) is 89.1 Å². The molecule has 1 aromatic rings. The third-order valence-corrected chi connectivity index (χ3v) is 18.8. The van der Waals surface area contributed by atoms with E-state index in [4.69, 9.17) is 0 Å². The number of phenols is 1. The molecule has 0 aromatic heterocycles. The fourth-order valence-corrected chi connectivity index (χ4v) is 12.2. The first kappa shape index (κ1) is 103. The zero-order valence-corrected chi connectivity index (χ0v) is 71.7. The van der Waals surface area contributed by atoms with Gasteiger partial charge >= 0.3 is 5.97 Å². The molecule has 16 atom stereocenters. The molecule has 0 aliphatic rings. The van der Waals surface area contributed by atoms with Crippen molar-refractivity contribution in [3.63, 3.8) is 0 Å². The number of nitrogens with one attached hydrogen (secondary N) is 15. The highest BCUT2D eigenvalue weighted by Gasteiger charge is 2.41. The van der Waals surface area contributed by atoms with Crippen molar-refractivity contribution in [2.75, 3.05) is 6.61 Å². The number of phenolic OH excluding ortho intramolecular Hbond substituents is 1. The molecule has 0 aliphatic carbocycles. The van der Waals surface area contributed by atoms with Crippen molar-refractivity contribution in [3.05, 3.63) is 29.8 Å². The Kier molecular flexibility index (Phi) is 45.0. The number of aliphatic carboxylic acids is 1. The minimum atomic E-state index is -1.79. The molecule has 1 rings (SSSR count). The predicted octanol–water partition coefficient (Wildman–Crippen LogP) is 0.481. The van der Waals surface area contributed by atoms with Crippen LogP contribution in [0.3, 0.4) is 0 Å². The quantitative estimate of drug-likeness (QED) is 0.0395. The van der Waals surface area contributed by atoms with E-state index < -0.39 is 228 Å². The van der Waals surface area contributed by atoms with Crippen LogP contribution >= 0.6 is 0 Å². The van der Waals surface area contributed by atoms with E-state index in [9.17, 15) is 97.1 Å². The van der Waals surface area contributed by atoms with Gasteiger partial charge in [0.25, 0.3) is 0 Å². The van der Waals surface area contributed by atoms with Crippen LogP contribution in [0, 0.1) is 65.1 Å². The summed E-state index contributed by atoms with van der Waals surface area (Å²) in [5.41, 5.74) is 0.449. The lowest BCUT2D eigenvalue weighted by molar-refractivity contribution is -0.144. The van der Waals surface area contributed by atoms with Gasteiger partial charge in [0, 0.05) is 6.42 Å². The Labute approximate surface area is 677 Å². The van der Waals surface area contributed by atoms with Gasteiger partial charge in [0.15, 0.2) is 0 Å². The van der Waals surface area contributed by atoms with Gasteiger partial charge in [-0.25, -0.2) is 4.79 Å². The van der Waals surface area contributed by atoms with Crippen LogP contribution in [0.5, 0.6) is 5.75 Å².